The van der Waals surface area contributed by atoms with Crippen LogP contribution >= 0.6 is 0 Å². The van der Waals surface area contributed by atoms with Crippen LogP contribution in [-0.2, 0) is 10.0 Å². The van der Waals surface area contributed by atoms with Crippen molar-refractivity contribution in [1.29, 1.82) is 0 Å². The lowest BCUT2D eigenvalue weighted by Gasteiger charge is -2.21. The molecule has 11 nitrogen and oxygen atoms in total. The Balaban J connectivity index is 1.81. The SMILES string of the molecule is COc1cccc(OC)c1-n1c(NS(=O)(=O)C(C)C(C)c2ncc(F)cn2)nnc1-c1cccnc1. The van der Waals surface area contributed by atoms with Crippen molar-refractivity contribution in [1.82, 2.24) is 29.7 Å². The zero-order valence-corrected chi connectivity index (χ0v) is 20.8. The number of pyridine rings is 1. The first-order chi connectivity index (χ1) is 17.3. The van der Waals surface area contributed by atoms with Crippen LogP contribution in [0.1, 0.15) is 25.6 Å². The summed E-state index contributed by atoms with van der Waals surface area (Å²) in [4.78, 5) is 12.0. The lowest BCUT2D eigenvalue weighted by atomic mass is 10.1. The second-order valence-electron chi connectivity index (χ2n) is 7.84. The molecule has 3 heterocycles. The third kappa shape index (κ3) is 4.82. The van der Waals surface area contributed by atoms with Crippen molar-refractivity contribution in [2.45, 2.75) is 25.0 Å². The highest BCUT2D eigenvalue weighted by Crippen LogP contribution is 2.38. The van der Waals surface area contributed by atoms with E-state index in [2.05, 4.69) is 29.9 Å². The standard InChI is InChI=1S/C23H24FN7O4S/c1-14(21-26-12-17(24)13-27-21)15(2)36(32,33)30-23-29-28-22(16-7-6-10-25-11-16)31(23)20-18(34-3)8-5-9-19(20)35-4/h5-15H,1-4H3,(H,29,30). The van der Waals surface area contributed by atoms with Crippen LogP contribution in [0.25, 0.3) is 17.1 Å². The molecule has 0 radical (unpaired) electrons. The molecule has 0 fully saturated rings. The average Bonchev–Trinajstić information content (AvgIpc) is 3.30. The van der Waals surface area contributed by atoms with Gasteiger partial charge in [-0.05, 0) is 31.2 Å². The van der Waals surface area contributed by atoms with E-state index in [0.29, 0.717) is 28.6 Å². The Kier molecular flexibility index (Phi) is 7.10. The molecule has 36 heavy (non-hydrogen) atoms. The number of ether oxygens (including phenoxy) is 2. The Labute approximate surface area is 207 Å². The summed E-state index contributed by atoms with van der Waals surface area (Å²) in [5.41, 5.74) is 0.983. The highest BCUT2D eigenvalue weighted by molar-refractivity contribution is 7.93. The van der Waals surface area contributed by atoms with Gasteiger partial charge in [0.15, 0.2) is 11.6 Å². The molecule has 2 unspecified atom stereocenters. The molecule has 4 rings (SSSR count). The molecule has 1 N–H and O–H groups in total. The number of sulfonamides is 1. The van der Waals surface area contributed by atoms with Gasteiger partial charge >= 0.3 is 0 Å². The quantitative estimate of drug-likeness (QED) is 0.358. The molecule has 0 bridgehead atoms. The van der Waals surface area contributed by atoms with E-state index in [1.165, 1.54) is 25.7 Å². The molecule has 0 amide bonds. The third-order valence-corrected chi connectivity index (χ3v) is 7.54. The molecule has 0 spiro atoms. The molecule has 2 atom stereocenters. The van der Waals surface area contributed by atoms with E-state index in [4.69, 9.17) is 9.47 Å². The fourth-order valence-electron chi connectivity index (χ4n) is 3.55. The molecule has 3 aromatic heterocycles. The van der Waals surface area contributed by atoms with E-state index in [1.807, 2.05) is 0 Å². The van der Waals surface area contributed by atoms with E-state index in [0.717, 1.165) is 12.4 Å². The Morgan fingerprint density at radius 2 is 1.64 bits per heavy atom. The molecule has 4 aromatic rings. The largest absolute Gasteiger partial charge is 0.494 e. The van der Waals surface area contributed by atoms with Gasteiger partial charge in [-0.25, -0.2) is 22.8 Å². The Morgan fingerprint density at radius 3 is 2.22 bits per heavy atom. The van der Waals surface area contributed by atoms with Gasteiger partial charge in [0.05, 0.1) is 31.9 Å². The average molecular weight is 514 g/mol. The molecule has 188 valence electrons. The highest BCUT2D eigenvalue weighted by atomic mass is 32.2. The number of anilines is 1. The fourth-order valence-corrected chi connectivity index (χ4v) is 4.78. The molecule has 13 heteroatoms. The Bertz CT molecular complexity index is 1430. The molecule has 1 aromatic carbocycles. The molecule has 0 saturated carbocycles. The van der Waals surface area contributed by atoms with Crippen molar-refractivity contribution in [2.24, 2.45) is 0 Å². The van der Waals surface area contributed by atoms with Crippen LogP contribution in [0.2, 0.25) is 0 Å². The van der Waals surface area contributed by atoms with E-state index in [-0.39, 0.29) is 11.8 Å². The predicted octanol–water partition coefficient (Wildman–Crippen LogP) is 3.21. The van der Waals surface area contributed by atoms with Crippen molar-refractivity contribution in [2.75, 3.05) is 18.9 Å². The topological polar surface area (TPSA) is 134 Å². The molecule has 0 aliphatic carbocycles. The van der Waals surface area contributed by atoms with Gasteiger partial charge in [-0.1, -0.05) is 13.0 Å². The number of aromatic nitrogens is 6. The number of benzene rings is 1. The summed E-state index contributed by atoms with van der Waals surface area (Å²) >= 11 is 0. The zero-order valence-electron chi connectivity index (χ0n) is 20.0. The van der Waals surface area contributed by atoms with Crippen LogP contribution in [-0.4, -0.2) is 57.6 Å². The van der Waals surface area contributed by atoms with Gasteiger partial charge in [0.2, 0.25) is 16.0 Å². The third-order valence-electron chi connectivity index (χ3n) is 5.68. The second kappa shape index (κ2) is 10.2. The Hall–Kier alpha value is -4.13. The van der Waals surface area contributed by atoms with Gasteiger partial charge < -0.3 is 9.47 Å². The van der Waals surface area contributed by atoms with Crippen LogP contribution in [0.15, 0.2) is 55.1 Å². The molecule has 0 aliphatic heterocycles. The van der Waals surface area contributed by atoms with Crippen LogP contribution in [0.4, 0.5) is 10.3 Å². The number of methoxy groups -OCH3 is 2. The molecular formula is C23H24FN7O4S. The molecule has 0 aliphatic rings. The first-order valence-electron chi connectivity index (χ1n) is 10.8. The molecular weight excluding hydrogens is 489 g/mol. The van der Waals surface area contributed by atoms with E-state index in [9.17, 15) is 12.8 Å². The summed E-state index contributed by atoms with van der Waals surface area (Å²) < 4.78 is 55.2. The van der Waals surface area contributed by atoms with Gasteiger partial charge in [-0.15, -0.1) is 10.2 Å². The summed E-state index contributed by atoms with van der Waals surface area (Å²) in [5, 5.41) is 7.37. The van der Waals surface area contributed by atoms with E-state index in [1.54, 1.807) is 49.6 Å². The molecule has 0 saturated heterocycles. The number of para-hydroxylation sites is 1. The Morgan fingerprint density at radius 1 is 0.972 bits per heavy atom. The van der Waals surface area contributed by atoms with Crippen molar-refractivity contribution >= 4 is 16.0 Å². The van der Waals surface area contributed by atoms with Gasteiger partial charge in [-0.2, -0.15) is 0 Å². The minimum atomic E-state index is -4.05. The summed E-state index contributed by atoms with van der Waals surface area (Å²) in [6.07, 6.45) is 5.18. The van der Waals surface area contributed by atoms with Gasteiger partial charge in [0, 0.05) is 23.9 Å². The maximum absolute atomic E-state index is 13.4. The number of rotatable bonds is 9. The normalized spacial score (nSPS) is 13.1. The summed E-state index contributed by atoms with van der Waals surface area (Å²) in [6, 6.07) is 8.65. The monoisotopic (exact) mass is 513 g/mol. The van der Waals surface area contributed by atoms with Crippen LogP contribution < -0.4 is 14.2 Å². The highest BCUT2D eigenvalue weighted by Gasteiger charge is 2.32. The number of halogens is 1. The van der Waals surface area contributed by atoms with Gasteiger partial charge in [0.25, 0.3) is 0 Å². The van der Waals surface area contributed by atoms with E-state index >= 15 is 0 Å². The maximum atomic E-state index is 13.4. The first kappa shape index (κ1) is 25.0. The van der Waals surface area contributed by atoms with Gasteiger partial charge in [0.1, 0.15) is 23.0 Å². The van der Waals surface area contributed by atoms with Crippen LogP contribution in [0.3, 0.4) is 0 Å². The van der Waals surface area contributed by atoms with Crippen molar-refractivity contribution < 1.29 is 22.3 Å². The van der Waals surface area contributed by atoms with Crippen molar-refractivity contribution in [3.8, 4) is 28.6 Å². The van der Waals surface area contributed by atoms with Gasteiger partial charge in [-0.3, -0.25) is 14.3 Å². The van der Waals surface area contributed by atoms with Crippen molar-refractivity contribution in [3.63, 3.8) is 0 Å². The van der Waals surface area contributed by atoms with E-state index < -0.39 is 27.0 Å². The second-order valence-corrected chi connectivity index (χ2v) is 9.87. The maximum Gasteiger partial charge on any atom is 0.243 e. The number of nitrogens with one attached hydrogen (secondary N) is 1. The number of hydrogen-bond donors (Lipinski definition) is 1. The fraction of sp³-hybridized carbons (Fsp3) is 0.261. The summed E-state index contributed by atoms with van der Waals surface area (Å²) in [7, 11) is -1.08. The smallest absolute Gasteiger partial charge is 0.243 e. The number of hydrogen-bond acceptors (Lipinski definition) is 9. The minimum Gasteiger partial charge on any atom is -0.494 e. The lowest BCUT2D eigenvalue weighted by molar-refractivity contribution is 0.391. The lowest BCUT2D eigenvalue weighted by Crippen LogP contribution is -2.31. The summed E-state index contributed by atoms with van der Waals surface area (Å²) in [5.74, 6) is -0.0405. The minimum absolute atomic E-state index is 0.0873. The van der Waals surface area contributed by atoms with Crippen LogP contribution in [0, 0.1) is 5.82 Å². The first-order valence-corrected chi connectivity index (χ1v) is 12.4. The predicted molar refractivity (Wildman–Crippen MR) is 130 cm³/mol. The van der Waals surface area contributed by atoms with Crippen molar-refractivity contribution in [3.05, 3.63) is 66.8 Å². The summed E-state index contributed by atoms with van der Waals surface area (Å²) in [6.45, 7) is 3.15. The zero-order chi connectivity index (χ0) is 25.9. The van der Waals surface area contributed by atoms with Crippen LogP contribution in [0.5, 0.6) is 11.5 Å². The number of nitrogens with zero attached hydrogens (tertiary/aromatic N) is 6.